The van der Waals surface area contributed by atoms with Crippen molar-refractivity contribution in [3.8, 4) is 5.75 Å². The zero-order chi connectivity index (χ0) is 20.0. The highest BCUT2D eigenvalue weighted by Crippen LogP contribution is 2.41. The number of benzene rings is 2. The van der Waals surface area contributed by atoms with Gasteiger partial charge in [-0.3, -0.25) is 14.5 Å². The van der Waals surface area contributed by atoms with Crippen LogP contribution in [-0.4, -0.2) is 42.4 Å². The second-order valence-corrected chi connectivity index (χ2v) is 7.60. The first kappa shape index (κ1) is 17.7. The Morgan fingerprint density at radius 3 is 2.79 bits per heavy atom. The van der Waals surface area contributed by atoms with E-state index >= 15 is 0 Å². The van der Waals surface area contributed by atoms with Gasteiger partial charge in [-0.25, -0.2) is 4.79 Å². The van der Waals surface area contributed by atoms with Crippen molar-refractivity contribution in [3.05, 3.63) is 59.7 Å². The molecule has 1 spiro atoms. The normalized spacial score (nSPS) is 22.8. The van der Waals surface area contributed by atoms with Gasteiger partial charge in [-0.05, 0) is 30.5 Å². The minimum Gasteiger partial charge on any atom is -0.493 e. The standard InChI is InChI=1S/C22H21N3O4/c26-19(24-12-5-7-15-6-1-3-9-17(15)24)14-25-20(27)22(23-21(25)28)11-13-29-18-10-4-2-8-16(18)22/h1-4,6,8-10H,5,7,11-14H2,(H,23,28)/t22-/m1/s1. The molecule has 4 amide bonds. The number of amides is 4. The van der Waals surface area contributed by atoms with Crippen LogP contribution in [0, 0.1) is 0 Å². The van der Waals surface area contributed by atoms with Crippen molar-refractivity contribution in [2.75, 3.05) is 24.6 Å². The van der Waals surface area contributed by atoms with E-state index < -0.39 is 17.5 Å². The summed E-state index contributed by atoms with van der Waals surface area (Å²) in [6.07, 6.45) is 2.12. The first-order chi connectivity index (χ1) is 14.1. The number of urea groups is 1. The van der Waals surface area contributed by atoms with Gasteiger partial charge in [-0.1, -0.05) is 36.4 Å². The monoisotopic (exact) mass is 391 g/mol. The van der Waals surface area contributed by atoms with E-state index in [-0.39, 0.29) is 12.5 Å². The molecule has 0 aliphatic carbocycles. The van der Waals surface area contributed by atoms with Gasteiger partial charge in [-0.15, -0.1) is 0 Å². The molecule has 7 nitrogen and oxygen atoms in total. The maximum atomic E-state index is 13.3. The van der Waals surface area contributed by atoms with E-state index in [1.807, 2.05) is 36.4 Å². The fourth-order valence-corrected chi connectivity index (χ4v) is 4.53. The number of nitrogens with zero attached hydrogens (tertiary/aromatic N) is 2. The second kappa shape index (κ2) is 6.62. The molecule has 7 heteroatoms. The SMILES string of the molecule is O=C1N[C@@]2(CCOc3ccccc32)C(=O)N1CC(=O)N1CCCc2ccccc21. The number of hydrogen-bond donors (Lipinski definition) is 1. The van der Waals surface area contributed by atoms with Crippen molar-refractivity contribution in [1.82, 2.24) is 10.2 Å². The molecule has 5 rings (SSSR count). The Morgan fingerprint density at radius 2 is 1.90 bits per heavy atom. The number of rotatable bonds is 2. The molecule has 0 bridgehead atoms. The van der Waals surface area contributed by atoms with Gasteiger partial charge in [0.1, 0.15) is 12.3 Å². The zero-order valence-corrected chi connectivity index (χ0v) is 15.9. The van der Waals surface area contributed by atoms with Gasteiger partial charge in [0.25, 0.3) is 5.91 Å². The summed E-state index contributed by atoms with van der Waals surface area (Å²) in [4.78, 5) is 41.8. The minimum absolute atomic E-state index is 0.252. The summed E-state index contributed by atoms with van der Waals surface area (Å²) in [5, 5.41) is 2.84. The molecule has 29 heavy (non-hydrogen) atoms. The summed E-state index contributed by atoms with van der Waals surface area (Å²) in [6, 6.07) is 14.5. The fraction of sp³-hybridized carbons (Fsp3) is 0.318. The Hall–Kier alpha value is -3.35. The van der Waals surface area contributed by atoms with Gasteiger partial charge in [0.15, 0.2) is 5.54 Å². The molecule has 2 aromatic rings. The highest BCUT2D eigenvalue weighted by molar-refractivity contribution is 6.11. The summed E-state index contributed by atoms with van der Waals surface area (Å²) in [6.45, 7) is 0.634. The van der Waals surface area contributed by atoms with Crippen LogP contribution in [-0.2, 0) is 21.5 Å². The average Bonchev–Trinajstić information content (AvgIpc) is 2.98. The third-order valence-corrected chi connectivity index (χ3v) is 5.96. The molecule has 2 aromatic carbocycles. The maximum absolute atomic E-state index is 13.3. The molecular weight excluding hydrogens is 370 g/mol. The lowest BCUT2D eigenvalue weighted by Crippen LogP contribution is -2.48. The van der Waals surface area contributed by atoms with Gasteiger partial charge in [0, 0.05) is 24.2 Å². The van der Waals surface area contributed by atoms with E-state index in [0.717, 1.165) is 29.0 Å². The molecule has 0 unspecified atom stereocenters. The second-order valence-electron chi connectivity index (χ2n) is 7.60. The van der Waals surface area contributed by atoms with E-state index in [0.29, 0.717) is 30.9 Å². The highest BCUT2D eigenvalue weighted by atomic mass is 16.5. The molecule has 148 valence electrons. The third-order valence-electron chi connectivity index (χ3n) is 5.96. The number of anilines is 1. The van der Waals surface area contributed by atoms with E-state index in [1.54, 1.807) is 17.0 Å². The van der Waals surface area contributed by atoms with Crippen LogP contribution in [0.2, 0.25) is 0 Å². The number of hydrogen-bond acceptors (Lipinski definition) is 4. The first-order valence-corrected chi connectivity index (χ1v) is 9.85. The van der Waals surface area contributed by atoms with Crippen molar-refractivity contribution < 1.29 is 19.1 Å². The summed E-state index contributed by atoms with van der Waals surface area (Å²) in [7, 11) is 0. The zero-order valence-electron chi connectivity index (χ0n) is 15.9. The lowest BCUT2D eigenvalue weighted by molar-refractivity contribution is -0.135. The molecule has 1 saturated heterocycles. The molecule has 0 saturated carbocycles. The lowest BCUT2D eigenvalue weighted by atomic mass is 9.84. The van der Waals surface area contributed by atoms with Gasteiger partial charge in [0.05, 0.1) is 6.61 Å². The Bertz CT molecular complexity index is 1020. The summed E-state index contributed by atoms with van der Waals surface area (Å²) < 4.78 is 5.65. The van der Waals surface area contributed by atoms with Crippen LogP contribution in [0.4, 0.5) is 10.5 Å². The Kier molecular flexibility index (Phi) is 4.04. The van der Waals surface area contributed by atoms with Crippen molar-refractivity contribution in [1.29, 1.82) is 0 Å². The Balaban J connectivity index is 1.42. The van der Waals surface area contributed by atoms with E-state index in [4.69, 9.17) is 4.74 Å². The summed E-state index contributed by atoms with van der Waals surface area (Å²) in [5.41, 5.74) is 1.45. The molecule has 3 aliphatic heterocycles. The summed E-state index contributed by atoms with van der Waals surface area (Å²) in [5.74, 6) is -0.0551. The van der Waals surface area contributed by atoms with E-state index in [1.165, 1.54) is 0 Å². The maximum Gasteiger partial charge on any atom is 0.325 e. The van der Waals surface area contributed by atoms with Gasteiger partial charge >= 0.3 is 6.03 Å². The smallest absolute Gasteiger partial charge is 0.325 e. The van der Waals surface area contributed by atoms with Crippen molar-refractivity contribution in [2.45, 2.75) is 24.8 Å². The fourth-order valence-electron chi connectivity index (χ4n) is 4.53. The Morgan fingerprint density at radius 1 is 1.10 bits per heavy atom. The molecule has 1 atom stereocenters. The third kappa shape index (κ3) is 2.68. The van der Waals surface area contributed by atoms with Crippen LogP contribution in [0.15, 0.2) is 48.5 Å². The van der Waals surface area contributed by atoms with Gasteiger partial charge < -0.3 is 15.0 Å². The number of carbonyl (C=O) groups is 3. The molecule has 3 aliphatic rings. The Labute approximate surface area is 168 Å². The number of ether oxygens (including phenoxy) is 1. The molecule has 1 N–H and O–H groups in total. The van der Waals surface area contributed by atoms with Crippen LogP contribution in [0.25, 0.3) is 0 Å². The highest BCUT2D eigenvalue weighted by Gasteiger charge is 2.55. The number of para-hydroxylation sites is 2. The van der Waals surface area contributed by atoms with Crippen molar-refractivity contribution >= 4 is 23.5 Å². The van der Waals surface area contributed by atoms with Crippen molar-refractivity contribution in [3.63, 3.8) is 0 Å². The lowest BCUT2D eigenvalue weighted by Gasteiger charge is -2.33. The van der Waals surface area contributed by atoms with Gasteiger partial charge in [-0.2, -0.15) is 0 Å². The topological polar surface area (TPSA) is 79.0 Å². The van der Waals surface area contributed by atoms with E-state index in [9.17, 15) is 14.4 Å². The quantitative estimate of drug-likeness (QED) is 0.796. The van der Waals surface area contributed by atoms with Crippen LogP contribution in [0.5, 0.6) is 5.75 Å². The average molecular weight is 391 g/mol. The van der Waals surface area contributed by atoms with Crippen LogP contribution in [0.3, 0.4) is 0 Å². The molecule has 3 heterocycles. The predicted molar refractivity (Wildman–Crippen MR) is 106 cm³/mol. The number of fused-ring (bicyclic) bond motifs is 3. The van der Waals surface area contributed by atoms with Crippen molar-refractivity contribution in [2.24, 2.45) is 0 Å². The molecular formula is C22H21N3O4. The molecule has 0 aromatic heterocycles. The number of carbonyl (C=O) groups excluding carboxylic acids is 3. The van der Waals surface area contributed by atoms with Crippen LogP contribution < -0.4 is 15.0 Å². The largest absolute Gasteiger partial charge is 0.493 e. The van der Waals surface area contributed by atoms with E-state index in [2.05, 4.69) is 5.32 Å². The molecule has 1 fully saturated rings. The first-order valence-electron chi connectivity index (χ1n) is 9.85. The van der Waals surface area contributed by atoms with Gasteiger partial charge in [0.2, 0.25) is 5.91 Å². The molecule has 0 radical (unpaired) electrons. The number of imide groups is 1. The predicted octanol–water partition coefficient (Wildman–Crippen LogP) is 2.20. The minimum atomic E-state index is -1.16. The van der Waals surface area contributed by atoms with Crippen LogP contribution in [0.1, 0.15) is 24.0 Å². The van der Waals surface area contributed by atoms with Crippen LogP contribution >= 0.6 is 0 Å². The number of nitrogens with one attached hydrogen (secondary N) is 1. The number of aryl methyl sites for hydroxylation is 1. The summed E-state index contributed by atoms with van der Waals surface area (Å²) >= 11 is 0.